The maximum atomic E-state index is 13.6. The summed E-state index contributed by atoms with van der Waals surface area (Å²) in [4.78, 5) is 28.5. The molecule has 0 bridgehead atoms. The lowest BCUT2D eigenvalue weighted by Crippen LogP contribution is -2.65. The van der Waals surface area contributed by atoms with E-state index in [-0.39, 0.29) is 5.91 Å². The Morgan fingerprint density at radius 2 is 1.89 bits per heavy atom. The number of rotatable bonds is 4. The molecule has 4 rings (SSSR count). The molecule has 148 valence electrons. The standard InChI is InChI=1S/C21H26ClN5O/c1-25-9-2-10-26(12-11-25)20(28)21(13-17-3-5-18(22)6-4-17)14-27(15-21)19-7-8-23-16-24-19/h3-8,16H,2,9-15H2,1H3. The minimum absolute atomic E-state index is 0.267. The van der Waals surface area contributed by atoms with E-state index in [1.807, 2.05) is 30.3 Å². The smallest absolute Gasteiger partial charge is 0.232 e. The summed E-state index contributed by atoms with van der Waals surface area (Å²) >= 11 is 6.05. The zero-order valence-electron chi connectivity index (χ0n) is 16.2. The molecule has 2 saturated heterocycles. The van der Waals surface area contributed by atoms with Crippen LogP contribution in [-0.2, 0) is 11.2 Å². The van der Waals surface area contributed by atoms with Gasteiger partial charge in [0.1, 0.15) is 12.1 Å². The van der Waals surface area contributed by atoms with Crippen molar-refractivity contribution in [3.63, 3.8) is 0 Å². The molecule has 7 heteroatoms. The summed E-state index contributed by atoms with van der Waals surface area (Å²) in [6, 6.07) is 9.76. The Hall–Kier alpha value is -2.18. The zero-order valence-corrected chi connectivity index (χ0v) is 17.0. The summed E-state index contributed by atoms with van der Waals surface area (Å²) in [5.41, 5.74) is 0.730. The number of hydrogen-bond donors (Lipinski definition) is 0. The molecule has 3 heterocycles. The fourth-order valence-electron chi connectivity index (χ4n) is 4.22. The van der Waals surface area contributed by atoms with Crippen molar-refractivity contribution in [2.45, 2.75) is 12.8 Å². The lowest BCUT2D eigenvalue weighted by atomic mass is 9.73. The fourth-order valence-corrected chi connectivity index (χ4v) is 4.34. The van der Waals surface area contributed by atoms with E-state index in [1.54, 1.807) is 12.5 Å². The first kappa shape index (κ1) is 19.2. The van der Waals surface area contributed by atoms with Gasteiger partial charge in [0.2, 0.25) is 5.91 Å². The van der Waals surface area contributed by atoms with E-state index in [1.165, 1.54) is 0 Å². The quantitative estimate of drug-likeness (QED) is 0.789. The number of benzene rings is 1. The molecular formula is C21H26ClN5O. The van der Waals surface area contributed by atoms with Gasteiger partial charge < -0.3 is 14.7 Å². The molecular weight excluding hydrogens is 374 g/mol. The molecule has 1 amide bonds. The van der Waals surface area contributed by atoms with Crippen LogP contribution in [0.25, 0.3) is 0 Å². The molecule has 0 saturated carbocycles. The number of carbonyl (C=O) groups excluding carboxylic acids is 1. The normalized spacial score (nSPS) is 19.8. The van der Waals surface area contributed by atoms with Crippen LogP contribution in [0.4, 0.5) is 5.82 Å². The van der Waals surface area contributed by atoms with Crippen LogP contribution >= 0.6 is 11.6 Å². The molecule has 0 spiro atoms. The molecule has 1 aromatic heterocycles. The van der Waals surface area contributed by atoms with Crippen molar-refractivity contribution in [1.82, 2.24) is 19.8 Å². The predicted octanol–water partition coefficient (Wildman–Crippen LogP) is 2.34. The summed E-state index contributed by atoms with van der Waals surface area (Å²) in [7, 11) is 2.12. The molecule has 0 N–H and O–H groups in total. The summed E-state index contributed by atoms with van der Waals surface area (Å²) in [5.74, 6) is 1.15. The van der Waals surface area contributed by atoms with Gasteiger partial charge in [0, 0.05) is 43.9 Å². The Bertz CT molecular complexity index is 807. The van der Waals surface area contributed by atoms with Crippen molar-refractivity contribution in [1.29, 1.82) is 0 Å². The first-order valence-corrected chi connectivity index (χ1v) is 10.2. The van der Waals surface area contributed by atoms with Crippen LogP contribution in [-0.4, -0.2) is 72.0 Å². The van der Waals surface area contributed by atoms with Gasteiger partial charge in [0.25, 0.3) is 0 Å². The third-order valence-corrected chi connectivity index (χ3v) is 6.05. The highest BCUT2D eigenvalue weighted by atomic mass is 35.5. The van der Waals surface area contributed by atoms with E-state index < -0.39 is 5.41 Å². The number of halogens is 1. The number of anilines is 1. The fraction of sp³-hybridized carbons (Fsp3) is 0.476. The van der Waals surface area contributed by atoms with E-state index in [0.29, 0.717) is 13.1 Å². The Labute approximate surface area is 171 Å². The van der Waals surface area contributed by atoms with Gasteiger partial charge in [-0.15, -0.1) is 0 Å². The highest BCUT2D eigenvalue weighted by molar-refractivity contribution is 6.30. The van der Waals surface area contributed by atoms with Gasteiger partial charge in [-0.25, -0.2) is 9.97 Å². The van der Waals surface area contributed by atoms with E-state index in [2.05, 4.69) is 31.7 Å². The van der Waals surface area contributed by atoms with Gasteiger partial charge in [-0.05, 0) is 50.2 Å². The van der Waals surface area contributed by atoms with Crippen LogP contribution in [0.3, 0.4) is 0 Å². The number of carbonyl (C=O) groups is 1. The molecule has 28 heavy (non-hydrogen) atoms. The van der Waals surface area contributed by atoms with Crippen molar-refractivity contribution < 1.29 is 4.79 Å². The maximum Gasteiger partial charge on any atom is 0.232 e. The number of amides is 1. The van der Waals surface area contributed by atoms with E-state index in [9.17, 15) is 4.79 Å². The van der Waals surface area contributed by atoms with E-state index in [4.69, 9.17) is 11.6 Å². The second-order valence-corrected chi connectivity index (χ2v) is 8.39. The van der Waals surface area contributed by atoms with Crippen molar-refractivity contribution in [3.05, 3.63) is 53.4 Å². The van der Waals surface area contributed by atoms with Gasteiger partial charge in [0.05, 0.1) is 5.41 Å². The third kappa shape index (κ3) is 3.98. The lowest BCUT2D eigenvalue weighted by molar-refractivity contribution is -0.143. The summed E-state index contributed by atoms with van der Waals surface area (Å²) in [5, 5.41) is 0.718. The Morgan fingerprint density at radius 3 is 2.61 bits per heavy atom. The van der Waals surface area contributed by atoms with Crippen molar-refractivity contribution in [3.8, 4) is 0 Å². The Balaban J connectivity index is 1.55. The topological polar surface area (TPSA) is 52.6 Å². The Morgan fingerprint density at radius 1 is 1.11 bits per heavy atom. The number of hydrogen-bond acceptors (Lipinski definition) is 5. The van der Waals surface area contributed by atoms with Crippen LogP contribution in [0.5, 0.6) is 0 Å². The number of aromatic nitrogens is 2. The van der Waals surface area contributed by atoms with Crippen molar-refractivity contribution in [2.75, 3.05) is 51.2 Å². The second kappa shape index (κ2) is 8.05. The largest absolute Gasteiger partial charge is 0.354 e. The van der Waals surface area contributed by atoms with Crippen LogP contribution in [0.1, 0.15) is 12.0 Å². The minimum Gasteiger partial charge on any atom is -0.354 e. The average Bonchev–Trinajstić information content (AvgIpc) is 2.90. The highest BCUT2D eigenvalue weighted by Crippen LogP contribution is 2.38. The molecule has 1 aromatic carbocycles. The van der Waals surface area contributed by atoms with Gasteiger partial charge in [-0.3, -0.25) is 4.79 Å². The van der Waals surface area contributed by atoms with Crippen molar-refractivity contribution in [2.24, 2.45) is 5.41 Å². The molecule has 0 radical (unpaired) electrons. The van der Waals surface area contributed by atoms with Crippen LogP contribution < -0.4 is 4.90 Å². The first-order valence-electron chi connectivity index (χ1n) is 9.79. The summed E-state index contributed by atoms with van der Waals surface area (Å²) in [6.07, 6.45) is 5.04. The molecule has 0 aliphatic carbocycles. The molecule has 0 atom stereocenters. The molecule has 2 aliphatic rings. The molecule has 0 unspecified atom stereocenters. The van der Waals surface area contributed by atoms with E-state index in [0.717, 1.165) is 55.4 Å². The monoisotopic (exact) mass is 399 g/mol. The molecule has 2 aliphatic heterocycles. The zero-order chi connectivity index (χ0) is 19.6. The van der Waals surface area contributed by atoms with Gasteiger partial charge in [-0.1, -0.05) is 23.7 Å². The SMILES string of the molecule is CN1CCCN(C(=O)C2(Cc3ccc(Cl)cc3)CN(c3ccncn3)C2)CC1. The Kier molecular flexibility index (Phi) is 5.51. The van der Waals surface area contributed by atoms with Crippen LogP contribution in [0.2, 0.25) is 5.02 Å². The number of nitrogens with zero attached hydrogens (tertiary/aromatic N) is 5. The van der Waals surface area contributed by atoms with Crippen molar-refractivity contribution >= 4 is 23.3 Å². The van der Waals surface area contributed by atoms with E-state index >= 15 is 0 Å². The first-order chi connectivity index (χ1) is 13.6. The maximum absolute atomic E-state index is 13.6. The van der Waals surface area contributed by atoms with Gasteiger partial charge in [-0.2, -0.15) is 0 Å². The summed E-state index contributed by atoms with van der Waals surface area (Å²) < 4.78 is 0. The van der Waals surface area contributed by atoms with Crippen LogP contribution in [0, 0.1) is 5.41 Å². The van der Waals surface area contributed by atoms with Crippen LogP contribution in [0.15, 0.2) is 42.9 Å². The molecule has 6 nitrogen and oxygen atoms in total. The minimum atomic E-state index is -0.415. The van der Waals surface area contributed by atoms with Gasteiger partial charge >= 0.3 is 0 Å². The lowest BCUT2D eigenvalue weighted by Gasteiger charge is -2.51. The highest BCUT2D eigenvalue weighted by Gasteiger charge is 2.51. The van der Waals surface area contributed by atoms with Gasteiger partial charge in [0.15, 0.2) is 0 Å². The predicted molar refractivity (Wildman–Crippen MR) is 111 cm³/mol. The summed E-state index contributed by atoms with van der Waals surface area (Å²) in [6.45, 7) is 4.96. The third-order valence-electron chi connectivity index (χ3n) is 5.79. The molecule has 2 aromatic rings. The average molecular weight is 400 g/mol. The second-order valence-electron chi connectivity index (χ2n) is 7.96. The molecule has 2 fully saturated rings. The number of likely N-dealkylation sites (N-methyl/N-ethyl adjacent to an activating group) is 1.